The molecule has 0 aliphatic rings. The van der Waals surface area contributed by atoms with Gasteiger partial charge in [-0.05, 0) is 74.8 Å². The predicted octanol–water partition coefficient (Wildman–Crippen LogP) is 14.2. The molecule has 2 heteroatoms. The van der Waals surface area contributed by atoms with Crippen LogP contribution in [0.25, 0.3) is 65.7 Å². The third-order valence-corrected chi connectivity index (χ3v) is 10.8. The second-order valence-electron chi connectivity index (χ2n) is 14.1. The number of rotatable bonds is 8. The third kappa shape index (κ3) is 5.70. The van der Waals surface area contributed by atoms with E-state index >= 15 is 0 Å². The van der Waals surface area contributed by atoms with Gasteiger partial charge in [0.15, 0.2) is 0 Å². The topological polar surface area (TPSA) is 16.4 Å². The Hall–Kier alpha value is -6.90. The molecule has 0 bridgehead atoms. The molecule has 0 aliphatic heterocycles. The summed E-state index contributed by atoms with van der Waals surface area (Å²) in [5.74, 6) is 0. The van der Waals surface area contributed by atoms with Crippen LogP contribution in [0.15, 0.2) is 205 Å². The summed E-state index contributed by atoms with van der Waals surface area (Å²) in [7, 11) is 0. The first kappa shape index (κ1) is 31.8. The number of nitrogens with zero attached hydrogens (tertiary/aromatic N) is 1. The molecule has 0 spiro atoms. The molecule has 0 atom stereocenters. The smallest absolute Gasteiger partial charge is 0.143 e. The highest BCUT2D eigenvalue weighted by atomic mass is 16.3. The lowest BCUT2D eigenvalue weighted by molar-refractivity contribution is 0.673. The molecule has 10 rings (SSSR count). The van der Waals surface area contributed by atoms with E-state index in [4.69, 9.17) is 4.42 Å². The van der Waals surface area contributed by atoms with Gasteiger partial charge in [0.2, 0.25) is 0 Å². The Morgan fingerprint density at radius 3 is 1.87 bits per heavy atom. The largest absolute Gasteiger partial charge is 0.455 e. The van der Waals surface area contributed by atoms with Crippen LogP contribution in [0.1, 0.15) is 16.7 Å². The number of hydrogen-bond acceptors (Lipinski definition) is 2. The van der Waals surface area contributed by atoms with Crippen molar-refractivity contribution >= 4 is 54.9 Å². The van der Waals surface area contributed by atoms with Crippen LogP contribution in [0.5, 0.6) is 0 Å². The second-order valence-corrected chi connectivity index (χ2v) is 14.1. The highest BCUT2D eigenvalue weighted by molar-refractivity contribution is 6.17. The Balaban J connectivity index is 1.15. The highest BCUT2D eigenvalue weighted by Crippen LogP contribution is 2.42. The minimum absolute atomic E-state index is 0.666. The van der Waals surface area contributed by atoms with Gasteiger partial charge in [-0.2, -0.15) is 0 Å². The van der Waals surface area contributed by atoms with E-state index < -0.39 is 0 Å². The summed E-state index contributed by atoms with van der Waals surface area (Å²) in [5, 5.41) is 7.04. The maximum Gasteiger partial charge on any atom is 0.143 e. The summed E-state index contributed by atoms with van der Waals surface area (Å²) in [6.45, 7) is 0.666. The van der Waals surface area contributed by atoms with Gasteiger partial charge < -0.3 is 9.32 Å². The molecule has 54 heavy (non-hydrogen) atoms. The van der Waals surface area contributed by atoms with Gasteiger partial charge in [0, 0.05) is 45.0 Å². The van der Waals surface area contributed by atoms with Crippen molar-refractivity contribution in [2.24, 2.45) is 0 Å². The number of fused-ring (bicyclic) bond motifs is 6. The zero-order valence-electron chi connectivity index (χ0n) is 29.8. The average Bonchev–Trinajstić information content (AvgIpc) is 3.63. The zero-order chi connectivity index (χ0) is 35.8. The minimum atomic E-state index is 0.666. The first-order chi connectivity index (χ1) is 26.8. The third-order valence-electron chi connectivity index (χ3n) is 10.8. The number of hydrogen-bond donors (Lipinski definition) is 0. The summed E-state index contributed by atoms with van der Waals surface area (Å²) < 4.78 is 6.85. The lowest BCUT2D eigenvalue weighted by Crippen LogP contribution is -2.18. The number of anilines is 2. The highest BCUT2D eigenvalue weighted by Gasteiger charge is 2.20. The molecule has 0 fully saturated rings. The first-order valence-corrected chi connectivity index (χ1v) is 18.7. The van der Waals surface area contributed by atoms with Crippen molar-refractivity contribution < 1.29 is 4.42 Å². The molecular formula is C52H37NO. The monoisotopic (exact) mass is 691 g/mol. The summed E-state index contributed by atoms with van der Waals surface area (Å²) >= 11 is 0. The van der Waals surface area contributed by atoms with Crippen LogP contribution in [0.2, 0.25) is 0 Å². The predicted molar refractivity (Wildman–Crippen MR) is 228 cm³/mol. The Kier molecular flexibility index (Phi) is 8.00. The van der Waals surface area contributed by atoms with Crippen molar-refractivity contribution in [3.05, 3.63) is 217 Å². The van der Waals surface area contributed by atoms with Gasteiger partial charge in [-0.3, -0.25) is 0 Å². The lowest BCUT2D eigenvalue weighted by atomic mass is 9.93. The van der Waals surface area contributed by atoms with Crippen molar-refractivity contribution in [2.75, 3.05) is 4.90 Å². The van der Waals surface area contributed by atoms with Gasteiger partial charge in [-0.15, -0.1) is 0 Å². The molecule has 0 radical (unpaired) electrons. The van der Waals surface area contributed by atoms with Crippen LogP contribution in [0.3, 0.4) is 0 Å². The van der Waals surface area contributed by atoms with Crippen LogP contribution >= 0.6 is 0 Å². The fraction of sp³-hybridized carbons (Fsp3) is 0.0385. The molecule has 0 aliphatic carbocycles. The number of para-hydroxylation sites is 1. The fourth-order valence-electron chi connectivity index (χ4n) is 8.20. The summed E-state index contributed by atoms with van der Waals surface area (Å²) in [5.41, 5.74) is 12.8. The van der Waals surface area contributed by atoms with E-state index in [-0.39, 0.29) is 0 Å². The van der Waals surface area contributed by atoms with E-state index in [9.17, 15) is 0 Å². The number of furan rings is 1. The normalized spacial score (nSPS) is 11.5. The number of benzene rings is 9. The Bertz CT molecular complexity index is 2940. The van der Waals surface area contributed by atoms with Crippen LogP contribution in [0, 0.1) is 0 Å². The molecule has 2 nitrogen and oxygen atoms in total. The van der Waals surface area contributed by atoms with Gasteiger partial charge in [-0.1, -0.05) is 176 Å². The standard InChI is InChI=1S/C52H37NO/c1-3-15-36(16-4-1)33-41-34-42(30-32-43(41)37-17-5-2-6-18-37)53(50-28-13-22-38-19-7-11-24-45(38)50)35-40-21-9-10-23-44(40)47-26-14-27-48-49-31-29-39-20-8-12-25-46(39)51(49)54-52(47)48/h1-32,34H,33,35H2. The molecule has 9 aromatic carbocycles. The van der Waals surface area contributed by atoms with Gasteiger partial charge in [0.1, 0.15) is 11.2 Å². The first-order valence-electron chi connectivity index (χ1n) is 18.7. The van der Waals surface area contributed by atoms with Crippen LogP contribution in [-0.4, -0.2) is 0 Å². The minimum Gasteiger partial charge on any atom is -0.455 e. The molecule has 0 N–H and O–H groups in total. The summed E-state index contributed by atoms with van der Waals surface area (Å²) in [4.78, 5) is 2.50. The maximum atomic E-state index is 6.85. The average molecular weight is 692 g/mol. The van der Waals surface area contributed by atoms with Crippen molar-refractivity contribution in [3.63, 3.8) is 0 Å². The van der Waals surface area contributed by atoms with Crippen molar-refractivity contribution in [1.82, 2.24) is 0 Å². The molecule has 10 aromatic rings. The van der Waals surface area contributed by atoms with Crippen LogP contribution in [-0.2, 0) is 13.0 Å². The van der Waals surface area contributed by atoms with Gasteiger partial charge in [-0.25, -0.2) is 0 Å². The molecule has 1 aromatic heterocycles. The summed E-state index contributed by atoms with van der Waals surface area (Å²) in [6, 6.07) is 72.2. The zero-order valence-corrected chi connectivity index (χ0v) is 29.8. The van der Waals surface area contributed by atoms with Gasteiger partial charge >= 0.3 is 0 Å². The molecule has 0 saturated carbocycles. The van der Waals surface area contributed by atoms with E-state index in [1.54, 1.807) is 0 Å². The van der Waals surface area contributed by atoms with E-state index in [1.807, 2.05) is 0 Å². The van der Waals surface area contributed by atoms with Crippen molar-refractivity contribution in [3.8, 4) is 22.3 Å². The van der Waals surface area contributed by atoms with E-state index in [0.717, 1.165) is 45.0 Å². The lowest BCUT2D eigenvalue weighted by Gasteiger charge is -2.29. The maximum absolute atomic E-state index is 6.85. The van der Waals surface area contributed by atoms with Crippen LogP contribution < -0.4 is 4.90 Å². The Morgan fingerprint density at radius 2 is 1.02 bits per heavy atom. The molecule has 1 heterocycles. The van der Waals surface area contributed by atoms with E-state index in [0.29, 0.717) is 6.54 Å². The van der Waals surface area contributed by atoms with Crippen molar-refractivity contribution in [2.45, 2.75) is 13.0 Å². The molecule has 0 saturated heterocycles. The molecule has 256 valence electrons. The second kappa shape index (κ2) is 13.6. The molecule has 0 unspecified atom stereocenters. The Morgan fingerprint density at radius 1 is 0.389 bits per heavy atom. The Labute approximate surface area is 315 Å². The quantitative estimate of drug-likeness (QED) is 0.158. The SMILES string of the molecule is c1ccc(Cc2cc(N(Cc3ccccc3-c3cccc4c3oc3c5ccccc5ccc43)c3cccc4ccccc34)ccc2-c2ccccc2)cc1. The molecule has 0 amide bonds. The van der Waals surface area contributed by atoms with Crippen molar-refractivity contribution in [1.29, 1.82) is 0 Å². The summed E-state index contributed by atoms with van der Waals surface area (Å²) in [6.07, 6.45) is 0.835. The fourth-order valence-corrected chi connectivity index (χ4v) is 8.20. The van der Waals surface area contributed by atoms with Gasteiger partial charge in [0.05, 0.1) is 0 Å². The molecular weight excluding hydrogens is 655 g/mol. The van der Waals surface area contributed by atoms with Gasteiger partial charge in [0.25, 0.3) is 0 Å². The van der Waals surface area contributed by atoms with Crippen LogP contribution in [0.4, 0.5) is 11.4 Å². The van der Waals surface area contributed by atoms with E-state index in [1.165, 1.54) is 55.2 Å². The van der Waals surface area contributed by atoms with E-state index in [2.05, 4.69) is 205 Å².